The third-order valence-corrected chi connectivity index (χ3v) is 3.10. The highest BCUT2D eigenvalue weighted by Crippen LogP contribution is 2.22. The summed E-state index contributed by atoms with van der Waals surface area (Å²) < 4.78 is 0. The van der Waals surface area contributed by atoms with Gasteiger partial charge in [0.15, 0.2) is 0 Å². The molecule has 0 heterocycles. The molecule has 0 aromatic rings. The largest absolute Gasteiger partial charge is 0.481 e. The lowest BCUT2D eigenvalue weighted by Gasteiger charge is -2.31. The van der Waals surface area contributed by atoms with Gasteiger partial charge in [-0.15, -0.1) is 0 Å². The molecule has 0 spiro atoms. The molecular weight excluding hydrogens is 244 g/mol. The van der Waals surface area contributed by atoms with Gasteiger partial charge in [0.1, 0.15) is 0 Å². The van der Waals surface area contributed by atoms with Gasteiger partial charge in [-0.25, -0.2) is 4.79 Å². The highest BCUT2D eigenvalue weighted by atomic mass is 16.4. The van der Waals surface area contributed by atoms with E-state index in [0.717, 1.165) is 12.8 Å². The number of aliphatic carboxylic acids is 1. The molecule has 0 saturated heterocycles. The molecule has 2 amide bonds. The minimum absolute atomic E-state index is 0.0622. The van der Waals surface area contributed by atoms with E-state index in [1.165, 1.54) is 0 Å². The summed E-state index contributed by atoms with van der Waals surface area (Å²) in [5.41, 5.74) is -0.166. The predicted octanol–water partition coefficient (Wildman–Crippen LogP) is 2.75. The maximum Gasteiger partial charge on any atom is 0.315 e. The van der Waals surface area contributed by atoms with Crippen LogP contribution in [0.15, 0.2) is 0 Å². The van der Waals surface area contributed by atoms with Crippen LogP contribution in [-0.2, 0) is 4.79 Å². The first-order chi connectivity index (χ1) is 8.66. The van der Waals surface area contributed by atoms with Crippen LogP contribution in [0.25, 0.3) is 0 Å². The standard InChI is InChI=1S/C14H28N2O3/c1-6-7-10(2)15-13(19)16-11(14(3,4)5)8-9-12(17)18/h10-11H,6-9H2,1-5H3,(H,17,18)(H2,15,16,19)/t10-,11+/m1/s1. The molecule has 112 valence electrons. The molecule has 0 bridgehead atoms. The minimum atomic E-state index is -0.837. The average molecular weight is 272 g/mol. The molecule has 0 rings (SSSR count). The van der Waals surface area contributed by atoms with Crippen LogP contribution in [-0.4, -0.2) is 29.2 Å². The maximum absolute atomic E-state index is 11.9. The van der Waals surface area contributed by atoms with Gasteiger partial charge < -0.3 is 15.7 Å². The van der Waals surface area contributed by atoms with Crippen molar-refractivity contribution in [3.05, 3.63) is 0 Å². The molecule has 2 atom stereocenters. The van der Waals surface area contributed by atoms with Crippen molar-refractivity contribution < 1.29 is 14.7 Å². The summed E-state index contributed by atoms with van der Waals surface area (Å²) in [6.07, 6.45) is 2.45. The van der Waals surface area contributed by atoms with Crippen LogP contribution < -0.4 is 10.6 Å². The third-order valence-electron chi connectivity index (χ3n) is 3.10. The number of hydrogen-bond donors (Lipinski definition) is 3. The fraction of sp³-hybridized carbons (Fsp3) is 0.857. The molecule has 0 aromatic carbocycles. The Morgan fingerprint density at radius 3 is 2.16 bits per heavy atom. The Hall–Kier alpha value is -1.26. The summed E-state index contributed by atoms with van der Waals surface area (Å²) in [4.78, 5) is 22.5. The molecule has 0 aliphatic heterocycles. The van der Waals surface area contributed by atoms with Gasteiger partial charge in [-0.3, -0.25) is 4.79 Å². The van der Waals surface area contributed by atoms with Gasteiger partial charge in [0.05, 0.1) is 0 Å². The molecule has 0 aromatic heterocycles. The Kier molecular flexibility index (Phi) is 7.49. The van der Waals surface area contributed by atoms with Crippen LogP contribution >= 0.6 is 0 Å². The fourth-order valence-corrected chi connectivity index (χ4v) is 1.92. The molecule has 0 fully saturated rings. The summed E-state index contributed by atoms with van der Waals surface area (Å²) in [6, 6.07) is -0.242. The molecule has 0 aliphatic carbocycles. The van der Waals surface area contributed by atoms with E-state index in [1.807, 2.05) is 27.7 Å². The summed E-state index contributed by atoms with van der Waals surface area (Å²) in [7, 11) is 0. The highest BCUT2D eigenvalue weighted by Gasteiger charge is 2.26. The molecule has 0 saturated carbocycles. The van der Waals surface area contributed by atoms with E-state index in [2.05, 4.69) is 17.6 Å². The van der Waals surface area contributed by atoms with E-state index in [9.17, 15) is 9.59 Å². The topological polar surface area (TPSA) is 78.4 Å². The molecule has 5 nitrogen and oxygen atoms in total. The summed E-state index contributed by atoms with van der Waals surface area (Å²) >= 11 is 0. The smallest absolute Gasteiger partial charge is 0.315 e. The highest BCUT2D eigenvalue weighted by molar-refractivity contribution is 5.74. The maximum atomic E-state index is 11.9. The van der Waals surface area contributed by atoms with Gasteiger partial charge in [-0.05, 0) is 25.2 Å². The van der Waals surface area contributed by atoms with Crippen molar-refractivity contribution in [3.63, 3.8) is 0 Å². The van der Waals surface area contributed by atoms with Crippen molar-refractivity contribution >= 4 is 12.0 Å². The van der Waals surface area contributed by atoms with Gasteiger partial charge in [0.2, 0.25) is 0 Å². The zero-order valence-electron chi connectivity index (χ0n) is 12.7. The van der Waals surface area contributed by atoms with Crippen LogP contribution in [0, 0.1) is 5.41 Å². The number of carbonyl (C=O) groups excluding carboxylic acids is 1. The summed E-state index contributed by atoms with van der Waals surface area (Å²) in [6.45, 7) is 10.0. The normalized spacial score (nSPS) is 14.6. The Balaban J connectivity index is 4.39. The number of carboxylic acids is 1. The summed E-state index contributed by atoms with van der Waals surface area (Å²) in [5.74, 6) is -0.837. The molecule has 19 heavy (non-hydrogen) atoms. The van der Waals surface area contributed by atoms with E-state index < -0.39 is 5.97 Å². The Labute approximate surface area is 116 Å². The van der Waals surface area contributed by atoms with Gasteiger partial charge in [0.25, 0.3) is 0 Å². The van der Waals surface area contributed by atoms with E-state index in [0.29, 0.717) is 6.42 Å². The van der Waals surface area contributed by atoms with Gasteiger partial charge in [0, 0.05) is 18.5 Å². The number of carboxylic acid groups (broad SMARTS) is 1. The molecule has 5 heteroatoms. The second-order valence-electron chi connectivity index (χ2n) is 6.16. The third kappa shape index (κ3) is 8.46. The molecule has 0 aliphatic rings. The lowest BCUT2D eigenvalue weighted by atomic mass is 9.84. The summed E-state index contributed by atoms with van der Waals surface area (Å²) in [5, 5.41) is 14.5. The first-order valence-electron chi connectivity index (χ1n) is 6.95. The average Bonchev–Trinajstić information content (AvgIpc) is 2.22. The van der Waals surface area contributed by atoms with E-state index >= 15 is 0 Å². The van der Waals surface area contributed by atoms with Crippen molar-refractivity contribution in [2.24, 2.45) is 5.41 Å². The van der Waals surface area contributed by atoms with Crippen LogP contribution in [0.2, 0.25) is 0 Å². The number of rotatable bonds is 7. The van der Waals surface area contributed by atoms with Crippen LogP contribution in [0.3, 0.4) is 0 Å². The van der Waals surface area contributed by atoms with Crippen LogP contribution in [0.5, 0.6) is 0 Å². The van der Waals surface area contributed by atoms with Crippen LogP contribution in [0.4, 0.5) is 4.79 Å². The zero-order chi connectivity index (χ0) is 15.1. The fourth-order valence-electron chi connectivity index (χ4n) is 1.92. The van der Waals surface area contributed by atoms with E-state index in [-0.39, 0.29) is 30.0 Å². The quantitative estimate of drug-likeness (QED) is 0.667. The second kappa shape index (κ2) is 8.02. The second-order valence-corrected chi connectivity index (χ2v) is 6.16. The predicted molar refractivity (Wildman–Crippen MR) is 76.2 cm³/mol. The first-order valence-corrected chi connectivity index (χ1v) is 6.95. The molecule has 3 N–H and O–H groups in total. The van der Waals surface area contributed by atoms with Gasteiger partial charge in [-0.2, -0.15) is 0 Å². The number of hydrogen-bond acceptors (Lipinski definition) is 2. The Morgan fingerprint density at radius 2 is 1.74 bits per heavy atom. The van der Waals surface area contributed by atoms with Crippen molar-refractivity contribution in [2.45, 2.75) is 72.4 Å². The number of carbonyl (C=O) groups is 2. The number of amides is 2. The lowest BCUT2D eigenvalue weighted by molar-refractivity contribution is -0.137. The van der Waals surface area contributed by atoms with E-state index in [1.54, 1.807) is 0 Å². The zero-order valence-corrected chi connectivity index (χ0v) is 12.7. The Bertz CT molecular complexity index is 298. The van der Waals surface area contributed by atoms with Crippen molar-refractivity contribution in [2.75, 3.05) is 0 Å². The molecule has 0 unspecified atom stereocenters. The SMILES string of the molecule is CCC[C@@H](C)NC(=O)N[C@@H](CCC(=O)O)C(C)(C)C. The minimum Gasteiger partial charge on any atom is -0.481 e. The Morgan fingerprint density at radius 1 is 1.16 bits per heavy atom. The first kappa shape index (κ1) is 17.7. The van der Waals surface area contributed by atoms with Gasteiger partial charge in [-0.1, -0.05) is 34.1 Å². The van der Waals surface area contributed by atoms with Crippen molar-refractivity contribution in [1.29, 1.82) is 0 Å². The van der Waals surface area contributed by atoms with Crippen molar-refractivity contribution in [1.82, 2.24) is 10.6 Å². The number of nitrogens with one attached hydrogen (secondary N) is 2. The molecule has 0 radical (unpaired) electrons. The monoisotopic (exact) mass is 272 g/mol. The van der Waals surface area contributed by atoms with Crippen molar-refractivity contribution in [3.8, 4) is 0 Å². The van der Waals surface area contributed by atoms with Crippen LogP contribution in [0.1, 0.15) is 60.3 Å². The lowest BCUT2D eigenvalue weighted by Crippen LogP contribution is -2.50. The molecular formula is C14H28N2O3. The number of urea groups is 1. The van der Waals surface area contributed by atoms with Gasteiger partial charge >= 0.3 is 12.0 Å². The van der Waals surface area contributed by atoms with E-state index in [4.69, 9.17) is 5.11 Å².